The van der Waals surface area contributed by atoms with Crippen LogP contribution in [0.2, 0.25) is 0 Å². The molecule has 2 atom stereocenters. The van der Waals surface area contributed by atoms with E-state index in [2.05, 4.69) is 70.0 Å². The molecular formula is C41H47N5O4. The first-order valence-corrected chi connectivity index (χ1v) is 17.6. The Morgan fingerprint density at radius 2 is 1.28 bits per heavy atom. The van der Waals surface area contributed by atoms with E-state index in [-0.39, 0.29) is 6.61 Å². The van der Waals surface area contributed by atoms with Crippen LogP contribution in [0.25, 0.3) is 21.8 Å². The van der Waals surface area contributed by atoms with Crippen molar-refractivity contribution in [1.29, 1.82) is 5.26 Å². The maximum atomic E-state index is 9.40. The Balaban J connectivity index is 0.000000182. The summed E-state index contributed by atoms with van der Waals surface area (Å²) in [5.41, 5.74) is 9.34. The second-order valence-corrected chi connectivity index (χ2v) is 13.0. The van der Waals surface area contributed by atoms with Gasteiger partial charge in [-0.25, -0.2) is 0 Å². The molecule has 0 saturated carbocycles. The number of nitriles is 1. The van der Waals surface area contributed by atoms with E-state index >= 15 is 0 Å². The Hall–Kier alpha value is -4.75. The molecule has 3 aromatic carbocycles. The lowest BCUT2D eigenvalue weighted by Crippen LogP contribution is -2.23. The van der Waals surface area contributed by atoms with Crippen LogP contribution in [0.1, 0.15) is 54.5 Å². The molecular weight excluding hydrogens is 626 g/mol. The monoisotopic (exact) mass is 673 g/mol. The second-order valence-electron chi connectivity index (χ2n) is 13.0. The lowest BCUT2D eigenvalue weighted by Gasteiger charge is -2.21. The molecule has 0 unspecified atom stereocenters. The van der Waals surface area contributed by atoms with Crippen LogP contribution in [0, 0.1) is 25.2 Å². The smallest absolute Gasteiger partial charge is 0.119 e. The molecule has 0 amide bonds. The summed E-state index contributed by atoms with van der Waals surface area (Å²) < 4.78 is 17.5. The van der Waals surface area contributed by atoms with Gasteiger partial charge in [-0.3, -0.25) is 9.97 Å². The highest BCUT2D eigenvalue weighted by Crippen LogP contribution is 2.32. The molecule has 2 aliphatic rings. The van der Waals surface area contributed by atoms with Gasteiger partial charge in [0.15, 0.2) is 0 Å². The third-order valence-electron chi connectivity index (χ3n) is 9.68. The predicted octanol–water partition coefficient (Wildman–Crippen LogP) is 7.26. The van der Waals surface area contributed by atoms with Crippen molar-refractivity contribution in [2.45, 2.75) is 66.0 Å². The molecule has 2 fully saturated rings. The number of fused-ring (bicyclic) bond motifs is 2. The van der Waals surface area contributed by atoms with E-state index in [4.69, 9.17) is 19.5 Å². The van der Waals surface area contributed by atoms with Crippen LogP contribution in [0.5, 0.6) is 5.75 Å². The number of hydrogen-bond acceptors (Lipinski definition) is 9. The molecule has 7 rings (SSSR count). The minimum Gasteiger partial charge on any atom is -0.489 e. The Labute approximate surface area is 295 Å². The van der Waals surface area contributed by atoms with Crippen molar-refractivity contribution in [3.63, 3.8) is 0 Å². The van der Waals surface area contributed by atoms with E-state index in [9.17, 15) is 5.11 Å². The van der Waals surface area contributed by atoms with E-state index in [0.29, 0.717) is 24.4 Å². The fourth-order valence-electron chi connectivity index (χ4n) is 6.96. The zero-order valence-electron chi connectivity index (χ0n) is 29.6. The summed E-state index contributed by atoms with van der Waals surface area (Å²) >= 11 is 0. The third kappa shape index (κ3) is 8.00. The number of aromatic nitrogens is 2. The maximum absolute atomic E-state index is 9.40. The second kappa shape index (κ2) is 16.3. The molecule has 9 nitrogen and oxygen atoms in total. The average Bonchev–Trinajstić information content (AvgIpc) is 3.81. The van der Waals surface area contributed by atoms with Crippen LogP contribution in [0.3, 0.4) is 0 Å². The highest BCUT2D eigenvalue weighted by atomic mass is 16.5. The van der Waals surface area contributed by atoms with E-state index < -0.39 is 0 Å². The minimum atomic E-state index is 0.0593. The summed E-state index contributed by atoms with van der Waals surface area (Å²) in [6, 6.07) is 21.9. The highest BCUT2D eigenvalue weighted by Gasteiger charge is 2.25. The van der Waals surface area contributed by atoms with Gasteiger partial charge in [0, 0.05) is 73.9 Å². The summed E-state index contributed by atoms with van der Waals surface area (Å²) in [4.78, 5) is 13.8. The molecule has 50 heavy (non-hydrogen) atoms. The van der Waals surface area contributed by atoms with Crippen molar-refractivity contribution in [3.8, 4) is 11.8 Å². The Bertz CT molecular complexity index is 1960. The fourth-order valence-corrected chi connectivity index (χ4v) is 6.96. The van der Waals surface area contributed by atoms with Crippen LogP contribution in [-0.2, 0) is 22.7 Å². The van der Waals surface area contributed by atoms with Gasteiger partial charge >= 0.3 is 0 Å². The van der Waals surface area contributed by atoms with E-state index in [0.717, 1.165) is 91.1 Å². The van der Waals surface area contributed by atoms with E-state index in [1.807, 2.05) is 44.4 Å². The number of ether oxygens (including phenoxy) is 3. The Kier molecular flexibility index (Phi) is 11.4. The van der Waals surface area contributed by atoms with Gasteiger partial charge < -0.3 is 29.1 Å². The van der Waals surface area contributed by atoms with E-state index in [1.54, 1.807) is 12.1 Å². The van der Waals surface area contributed by atoms with E-state index in [1.165, 1.54) is 22.3 Å². The highest BCUT2D eigenvalue weighted by molar-refractivity contribution is 5.93. The first-order chi connectivity index (χ1) is 24.4. The molecule has 2 aromatic heterocycles. The van der Waals surface area contributed by atoms with Crippen LogP contribution >= 0.6 is 0 Å². The van der Waals surface area contributed by atoms with Gasteiger partial charge in [0.05, 0.1) is 41.5 Å². The Morgan fingerprint density at radius 1 is 0.760 bits per heavy atom. The first-order valence-electron chi connectivity index (χ1n) is 17.6. The molecule has 2 aliphatic heterocycles. The average molecular weight is 674 g/mol. The number of hydrogen-bond donors (Lipinski definition) is 1. The number of anilines is 2. The lowest BCUT2D eigenvalue weighted by molar-refractivity contribution is 0.0786. The summed E-state index contributed by atoms with van der Waals surface area (Å²) in [6.07, 6.45) is 6.51. The van der Waals surface area contributed by atoms with Crippen LogP contribution in [0.4, 0.5) is 11.4 Å². The largest absolute Gasteiger partial charge is 0.489 e. The van der Waals surface area contributed by atoms with Gasteiger partial charge in [-0.2, -0.15) is 5.26 Å². The van der Waals surface area contributed by atoms with Crippen LogP contribution < -0.4 is 14.5 Å². The summed E-state index contributed by atoms with van der Waals surface area (Å²) in [5, 5.41) is 20.6. The van der Waals surface area contributed by atoms with Crippen molar-refractivity contribution in [3.05, 3.63) is 101 Å². The Morgan fingerprint density at radius 3 is 1.78 bits per heavy atom. The number of pyridine rings is 2. The van der Waals surface area contributed by atoms with Crippen molar-refractivity contribution in [2.75, 3.05) is 49.2 Å². The van der Waals surface area contributed by atoms with Gasteiger partial charge in [0.2, 0.25) is 0 Å². The molecule has 5 aromatic rings. The zero-order valence-corrected chi connectivity index (χ0v) is 29.6. The van der Waals surface area contributed by atoms with Crippen LogP contribution in [0.15, 0.2) is 73.1 Å². The molecule has 1 N–H and O–H groups in total. The number of benzene rings is 3. The van der Waals surface area contributed by atoms with Gasteiger partial charge in [-0.15, -0.1) is 0 Å². The molecule has 0 bridgehead atoms. The molecule has 0 aliphatic carbocycles. The number of aliphatic hydroxyl groups is 1. The summed E-state index contributed by atoms with van der Waals surface area (Å²) in [5.74, 6) is 0.754. The normalized spacial score (nSPS) is 17.2. The van der Waals surface area contributed by atoms with Crippen LogP contribution in [-0.4, -0.2) is 66.7 Å². The maximum Gasteiger partial charge on any atom is 0.119 e. The van der Waals surface area contributed by atoms with Gasteiger partial charge in [-0.1, -0.05) is 0 Å². The van der Waals surface area contributed by atoms with Crippen molar-refractivity contribution in [1.82, 2.24) is 9.97 Å². The lowest BCUT2D eigenvalue weighted by atomic mass is 10.0. The topological polar surface area (TPSA) is 104 Å². The summed E-state index contributed by atoms with van der Waals surface area (Å²) in [7, 11) is 0. The first kappa shape index (κ1) is 35.1. The fraction of sp³-hybridized carbons (Fsp3) is 0.390. The number of rotatable bonds is 10. The van der Waals surface area contributed by atoms with Gasteiger partial charge in [-0.05, 0) is 123 Å². The quantitative estimate of drug-likeness (QED) is 0.164. The van der Waals surface area contributed by atoms with Gasteiger partial charge in [0.25, 0.3) is 0 Å². The SMILES string of the molecule is CCO[C@H]1CCN(c2ccnc3cc(CO)c(C)cc23)C1.CCO[C@H]1CCN(c2ccnc3cc(COc4ccc(C#N)cc4)c(C)cc23)C1. The number of nitrogens with zero attached hydrogens (tertiary/aromatic N) is 5. The third-order valence-corrected chi connectivity index (χ3v) is 9.68. The molecule has 4 heterocycles. The molecule has 9 heteroatoms. The zero-order chi connectivity index (χ0) is 35.0. The van der Waals surface area contributed by atoms with Gasteiger partial charge in [0.1, 0.15) is 12.4 Å². The molecule has 0 spiro atoms. The summed E-state index contributed by atoms with van der Waals surface area (Å²) in [6.45, 7) is 14.2. The number of aliphatic hydroxyl groups excluding tert-OH is 1. The minimum absolute atomic E-state index is 0.0593. The molecule has 260 valence electrons. The van der Waals surface area contributed by atoms with Crippen molar-refractivity contribution in [2.24, 2.45) is 0 Å². The number of aryl methyl sites for hydroxylation is 2. The molecule has 2 saturated heterocycles. The predicted molar refractivity (Wildman–Crippen MR) is 199 cm³/mol. The standard InChI is InChI=1S/C24H25N3O2.C17H22N2O2/c1-3-28-21-9-11-27(15-21)24-8-10-26-23-13-19(17(2)12-22(23)24)16-29-20-6-4-18(14-25)5-7-20;1-3-21-14-5-7-19(10-14)17-4-6-18-16-9-13(11-20)12(2)8-15(16)17/h4-8,10,12-13,21H,3,9,11,15-16H2,1-2H3;4,6,8-9,14,20H,3,5,7,10-11H2,1-2H3/t21-;14-/m00/s1. The van der Waals surface area contributed by atoms with Crippen molar-refractivity contribution >= 4 is 33.2 Å². The molecule has 0 radical (unpaired) electrons. The van der Waals surface area contributed by atoms with Crippen molar-refractivity contribution < 1.29 is 19.3 Å².